The van der Waals surface area contributed by atoms with E-state index in [1.54, 1.807) is 27.9 Å². The molecule has 0 amide bonds. The average Bonchev–Trinajstić information content (AvgIpc) is 2.11. The van der Waals surface area contributed by atoms with Crippen molar-refractivity contribution in [2.24, 2.45) is 5.92 Å². The molecule has 0 heterocycles. The molecule has 16 heavy (non-hydrogen) atoms. The number of ether oxygens (including phenoxy) is 1. The fourth-order valence-corrected chi connectivity index (χ4v) is 2.23. The number of hydrogen-bond acceptors (Lipinski definition) is 4. The molecule has 0 aliphatic heterocycles. The Labute approximate surface area is 99.7 Å². The van der Waals surface area contributed by atoms with E-state index in [2.05, 4.69) is 12.2 Å². The molecular weight excluding hydrogens is 226 g/mol. The van der Waals surface area contributed by atoms with E-state index in [4.69, 9.17) is 4.74 Å². The molecule has 98 valence electrons. The van der Waals surface area contributed by atoms with Crippen molar-refractivity contribution in [3.63, 3.8) is 0 Å². The minimum atomic E-state index is -3.00. The molecule has 1 N–H and O–H groups in total. The van der Waals surface area contributed by atoms with Crippen LogP contribution >= 0.6 is 0 Å². The highest BCUT2D eigenvalue weighted by Crippen LogP contribution is 2.15. The molecule has 0 aromatic carbocycles. The van der Waals surface area contributed by atoms with E-state index < -0.39 is 14.6 Å². The van der Waals surface area contributed by atoms with Gasteiger partial charge >= 0.3 is 0 Å². The quantitative estimate of drug-likeness (QED) is 0.688. The van der Waals surface area contributed by atoms with Crippen LogP contribution in [0.3, 0.4) is 0 Å². The van der Waals surface area contributed by atoms with Gasteiger partial charge in [0.05, 0.1) is 10.5 Å². The summed E-state index contributed by atoms with van der Waals surface area (Å²) in [5, 5.41) is 3.14. The van der Waals surface area contributed by atoms with Gasteiger partial charge in [-0.15, -0.1) is 0 Å². The SMILES string of the molecule is COCC(C)CNCCS(=O)(=O)C(C)(C)C. The van der Waals surface area contributed by atoms with Crippen LogP contribution in [0.2, 0.25) is 0 Å². The fourth-order valence-electron chi connectivity index (χ4n) is 1.20. The zero-order valence-electron chi connectivity index (χ0n) is 11.0. The van der Waals surface area contributed by atoms with Crippen LogP contribution in [-0.4, -0.2) is 45.7 Å². The first kappa shape index (κ1) is 15.9. The molecule has 0 aliphatic carbocycles. The smallest absolute Gasteiger partial charge is 0.156 e. The predicted octanol–water partition coefficient (Wildman–Crippen LogP) is 1.07. The molecule has 0 spiro atoms. The first-order chi connectivity index (χ1) is 7.20. The zero-order chi connectivity index (χ0) is 12.8. The van der Waals surface area contributed by atoms with Gasteiger partial charge in [-0.05, 0) is 33.2 Å². The van der Waals surface area contributed by atoms with Gasteiger partial charge in [0, 0.05) is 20.3 Å². The highest BCUT2D eigenvalue weighted by Gasteiger charge is 2.27. The number of nitrogens with one attached hydrogen (secondary N) is 1. The maximum atomic E-state index is 11.8. The zero-order valence-corrected chi connectivity index (χ0v) is 11.9. The van der Waals surface area contributed by atoms with E-state index in [9.17, 15) is 8.42 Å². The van der Waals surface area contributed by atoms with Crippen LogP contribution in [0.5, 0.6) is 0 Å². The van der Waals surface area contributed by atoms with E-state index in [0.29, 0.717) is 19.1 Å². The Kier molecular flexibility index (Phi) is 6.51. The van der Waals surface area contributed by atoms with Crippen molar-refractivity contribution in [2.45, 2.75) is 32.4 Å². The second-order valence-corrected chi connectivity index (χ2v) is 8.06. The van der Waals surface area contributed by atoms with Gasteiger partial charge in [0.25, 0.3) is 0 Å². The molecule has 0 aromatic rings. The minimum absolute atomic E-state index is 0.191. The summed E-state index contributed by atoms with van der Waals surface area (Å²) in [5.41, 5.74) is 0. The van der Waals surface area contributed by atoms with Crippen molar-refractivity contribution in [3.8, 4) is 0 Å². The third-order valence-electron chi connectivity index (χ3n) is 2.42. The molecule has 0 rings (SSSR count). The van der Waals surface area contributed by atoms with E-state index in [0.717, 1.165) is 6.54 Å². The maximum absolute atomic E-state index is 11.8. The molecule has 1 atom stereocenters. The minimum Gasteiger partial charge on any atom is -0.384 e. The normalized spacial score (nSPS) is 15.1. The van der Waals surface area contributed by atoms with Crippen molar-refractivity contribution >= 4 is 9.84 Å². The molecule has 0 aliphatic rings. The average molecular weight is 251 g/mol. The summed E-state index contributed by atoms with van der Waals surface area (Å²) in [6.07, 6.45) is 0. The Morgan fingerprint density at radius 2 is 1.88 bits per heavy atom. The summed E-state index contributed by atoms with van der Waals surface area (Å²) in [6.45, 7) is 9.25. The Hall–Kier alpha value is -0.130. The third-order valence-corrected chi connectivity index (χ3v) is 5.03. The predicted molar refractivity (Wildman–Crippen MR) is 67.4 cm³/mol. The van der Waals surface area contributed by atoms with Gasteiger partial charge in [-0.1, -0.05) is 6.92 Å². The van der Waals surface area contributed by atoms with Crippen LogP contribution < -0.4 is 5.32 Å². The Bertz CT molecular complexity index is 280. The van der Waals surface area contributed by atoms with Crippen LogP contribution in [-0.2, 0) is 14.6 Å². The molecule has 0 saturated carbocycles. The van der Waals surface area contributed by atoms with Crippen molar-refractivity contribution in [1.82, 2.24) is 5.32 Å². The first-order valence-corrected chi connectivity index (χ1v) is 7.28. The van der Waals surface area contributed by atoms with Crippen LogP contribution in [0.1, 0.15) is 27.7 Å². The molecule has 0 aromatic heterocycles. The molecule has 4 nitrogen and oxygen atoms in total. The second kappa shape index (κ2) is 6.57. The monoisotopic (exact) mass is 251 g/mol. The summed E-state index contributed by atoms with van der Waals surface area (Å²) < 4.78 is 27.9. The van der Waals surface area contributed by atoms with Gasteiger partial charge in [0.15, 0.2) is 9.84 Å². The molecule has 1 unspecified atom stereocenters. The Balaban J connectivity index is 3.84. The van der Waals surface area contributed by atoms with Gasteiger partial charge < -0.3 is 10.1 Å². The lowest BCUT2D eigenvalue weighted by atomic mass is 10.2. The molecule has 5 heteroatoms. The number of sulfone groups is 1. The second-order valence-electron chi connectivity index (χ2n) is 5.20. The molecule has 0 fully saturated rings. The summed E-state index contributed by atoms with van der Waals surface area (Å²) in [7, 11) is -1.33. The fraction of sp³-hybridized carbons (Fsp3) is 1.00. The maximum Gasteiger partial charge on any atom is 0.156 e. The van der Waals surface area contributed by atoms with E-state index in [1.165, 1.54) is 0 Å². The topological polar surface area (TPSA) is 55.4 Å². The van der Waals surface area contributed by atoms with Gasteiger partial charge in [-0.25, -0.2) is 8.42 Å². The molecule has 0 radical (unpaired) electrons. The summed E-state index contributed by atoms with van der Waals surface area (Å²) in [4.78, 5) is 0. The van der Waals surface area contributed by atoms with E-state index in [1.807, 2.05) is 0 Å². The largest absolute Gasteiger partial charge is 0.384 e. The summed E-state index contributed by atoms with van der Waals surface area (Å²) >= 11 is 0. The number of rotatable bonds is 7. The van der Waals surface area contributed by atoms with Crippen molar-refractivity contribution in [2.75, 3.05) is 32.6 Å². The van der Waals surface area contributed by atoms with Crippen LogP contribution in [0, 0.1) is 5.92 Å². The van der Waals surface area contributed by atoms with Crippen molar-refractivity contribution < 1.29 is 13.2 Å². The van der Waals surface area contributed by atoms with Gasteiger partial charge in [0.1, 0.15) is 0 Å². The Morgan fingerprint density at radius 1 is 1.31 bits per heavy atom. The summed E-state index contributed by atoms with van der Waals surface area (Å²) in [5.74, 6) is 0.596. The van der Waals surface area contributed by atoms with Crippen molar-refractivity contribution in [3.05, 3.63) is 0 Å². The highest BCUT2D eigenvalue weighted by molar-refractivity contribution is 7.92. The van der Waals surface area contributed by atoms with Crippen LogP contribution in [0.4, 0.5) is 0 Å². The van der Waals surface area contributed by atoms with Crippen LogP contribution in [0.25, 0.3) is 0 Å². The van der Waals surface area contributed by atoms with Crippen molar-refractivity contribution in [1.29, 1.82) is 0 Å². The lowest BCUT2D eigenvalue weighted by molar-refractivity contribution is 0.159. The van der Waals surface area contributed by atoms with E-state index in [-0.39, 0.29) is 5.75 Å². The summed E-state index contributed by atoms with van der Waals surface area (Å²) in [6, 6.07) is 0. The van der Waals surface area contributed by atoms with Gasteiger partial charge in [-0.2, -0.15) is 0 Å². The third kappa shape index (κ3) is 5.82. The lowest BCUT2D eigenvalue weighted by Crippen LogP contribution is -2.36. The molecule has 0 saturated heterocycles. The Morgan fingerprint density at radius 3 is 2.31 bits per heavy atom. The van der Waals surface area contributed by atoms with Gasteiger partial charge in [0.2, 0.25) is 0 Å². The van der Waals surface area contributed by atoms with Gasteiger partial charge in [-0.3, -0.25) is 0 Å². The first-order valence-electron chi connectivity index (χ1n) is 5.62. The number of methoxy groups -OCH3 is 1. The van der Waals surface area contributed by atoms with Crippen LogP contribution in [0.15, 0.2) is 0 Å². The molecule has 0 bridgehead atoms. The van der Waals surface area contributed by atoms with E-state index >= 15 is 0 Å². The highest BCUT2D eigenvalue weighted by atomic mass is 32.2. The standard InChI is InChI=1S/C11H25NO3S/c1-10(9-15-5)8-12-6-7-16(13,14)11(2,3)4/h10,12H,6-9H2,1-5H3. The lowest BCUT2D eigenvalue weighted by Gasteiger charge is -2.19. The molecular formula is C11H25NO3S. The number of hydrogen-bond donors (Lipinski definition) is 1.